The second-order valence-electron chi connectivity index (χ2n) is 6.17. The van der Waals surface area contributed by atoms with Crippen molar-refractivity contribution in [1.29, 1.82) is 0 Å². The fourth-order valence-corrected chi connectivity index (χ4v) is 3.04. The predicted molar refractivity (Wildman–Crippen MR) is 105 cm³/mol. The normalized spacial score (nSPS) is 11.0. The Balaban J connectivity index is 1.59. The van der Waals surface area contributed by atoms with Gasteiger partial charge in [-0.25, -0.2) is 4.98 Å². The number of aromatic nitrogens is 2. The van der Waals surface area contributed by atoms with Crippen LogP contribution in [0.3, 0.4) is 0 Å². The molecule has 0 saturated carbocycles. The van der Waals surface area contributed by atoms with Gasteiger partial charge in [0.15, 0.2) is 0 Å². The number of hydrogen-bond donors (Lipinski definition) is 2. The van der Waals surface area contributed by atoms with E-state index in [1.165, 1.54) is 5.56 Å². The molecule has 3 aromatic rings. The van der Waals surface area contributed by atoms with Gasteiger partial charge in [-0.05, 0) is 49.6 Å². The fourth-order valence-electron chi connectivity index (χ4n) is 2.78. The van der Waals surface area contributed by atoms with Crippen molar-refractivity contribution in [3.63, 3.8) is 0 Å². The number of ether oxygens (including phenoxy) is 1. The summed E-state index contributed by atoms with van der Waals surface area (Å²) in [7, 11) is 0. The van der Waals surface area contributed by atoms with Crippen LogP contribution in [0.25, 0.3) is 11.0 Å². The second kappa shape index (κ2) is 8.26. The zero-order valence-electron chi connectivity index (χ0n) is 14.7. The van der Waals surface area contributed by atoms with E-state index in [-0.39, 0.29) is 0 Å². The third kappa shape index (κ3) is 4.45. The quantitative estimate of drug-likeness (QED) is 0.533. The number of H-pyrrole nitrogens is 1. The maximum absolute atomic E-state index is 6.33. The predicted octanol–water partition coefficient (Wildman–Crippen LogP) is 5.36. The van der Waals surface area contributed by atoms with Crippen molar-refractivity contribution < 1.29 is 4.74 Å². The summed E-state index contributed by atoms with van der Waals surface area (Å²) in [4.78, 5) is 7.80. The topological polar surface area (TPSA) is 49.9 Å². The van der Waals surface area contributed by atoms with Gasteiger partial charge in [0, 0.05) is 6.54 Å². The third-order valence-electron chi connectivity index (χ3n) is 4.11. The highest BCUT2D eigenvalue weighted by atomic mass is 35.5. The second-order valence-corrected chi connectivity index (χ2v) is 6.57. The van der Waals surface area contributed by atoms with Crippen LogP contribution in [0.1, 0.15) is 31.2 Å². The van der Waals surface area contributed by atoms with Gasteiger partial charge in [0.05, 0.1) is 22.8 Å². The van der Waals surface area contributed by atoms with E-state index in [9.17, 15) is 0 Å². The molecule has 0 spiro atoms. The van der Waals surface area contributed by atoms with Crippen molar-refractivity contribution in [3.8, 4) is 5.75 Å². The number of hydrogen-bond acceptors (Lipinski definition) is 3. The number of aryl methyl sites for hydroxylation is 1. The highest BCUT2D eigenvalue weighted by Crippen LogP contribution is 2.26. The van der Waals surface area contributed by atoms with Crippen molar-refractivity contribution in [3.05, 3.63) is 52.8 Å². The van der Waals surface area contributed by atoms with Gasteiger partial charge in [-0.3, -0.25) is 0 Å². The first-order chi connectivity index (χ1) is 12.2. The number of rotatable bonds is 8. The van der Waals surface area contributed by atoms with Crippen molar-refractivity contribution in [2.24, 2.45) is 0 Å². The zero-order chi connectivity index (χ0) is 17.6. The number of fused-ring (bicyclic) bond motifs is 1. The molecule has 3 rings (SSSR count). The van der Waals surface area contributed by atoms with Crippen molar-refractivity contribution in [2.45, 2.75) is 33.1 Å². The summed E-state index contributed by atoms with van der Waals surface area (Å²) in [5.41, 5.74) is 4.27. The van der Waals surface area contributed by atoms with Crippen molar-refractivity contribution in [2.75, 3.05) is 18.5 Å². The van der Waals surface area contributed by atoms with Crippen LogP contribution in [-0.2, 0) is 6.42 Å². The van der Waals surface area contributed by atoms with E-state index in [4.69, 9.17) is 16.3 Å². The van der Waals surface area contributed by atoms with Crippen molar-refractivity contribution in [1.82, 2.24) is 9.97 Å². The monoisotopic (exact) mass is 357 g/mol. The first kappa shape index (κ1) is 17.6. The van der Waals surface area contributed by atoms with Crippen LogP contribution in [-0.4, -0.2) is 23.1 Å². The van der Waals surface area contributed by atoms with Crippen LogP contribution in [0.4, 0.5) is 5.69 Å². The van der Waals surface area contributed by atoms with E-state index in [1.54, 1.807) is 0 Å². The molecule has 1 heterocycles. The SMILES string of the molecule is CCCCOc1ccc(CCNc2cccc3[nH]c(C)nc23)cc1Cl. The molecule has 0 aliphatic rings. The number of anilines is 1. The molecule has 2 aromatic carbocycles. The van der Waals surface area contributed by atoms with Gasteiger partial charge in [-0.15, -0.1) is 0 Å². The Morgan fingerprint density at radius 2 is 2.12 bits per heavy atom. The average molecular weight is 358 g/mol. The largest absolute Gasteiger partial charge is 0.492 e. The lowest BCUT2D eigenvalue weighted by Crippen LogP contribution is -2.05. The minimum Gasteiger partial charge on any atom is -0.492 e. The highest BCUT2D eigenvalue weighted by Gasteiger charge is 2.06. The van der Waals surface area contributed by atoms with Crippen LogP contribution < -0.4 is 10.1 Å². The molecule has 0 bridgehead atoms. The summed E-state index contributed by atoms with van der Waals surface area (Å²) < 4.78 is 5.70. The summed E-state index contributed by atoms with van der Waals surface area (Å²) in [6.45, 7) is 5.64. The Hall–Kier alpha value is -2.20. The Morgan fingerprint density at radius 3 is 2.92 bits per heavy atom. The smallest absolute Gasteiger partial charge is 0.137 e. The van der Waals surface area contributed by atoms with Crippen LogP contribution in [0, 0.1) is 6.92 Å². The molecular formula is C20H24ClN3O. The van der Waals surface area contributed by atoms with Crippen LogP contribution >= 0.6 is 11.6 Å². The molecule has 0 saturated heterocycles. The molecule has 132 valence electrons. The van der Waals surface area contributed by atoms with E-state index in [0.29, 0.717) is 11.6 Å². The average Bonchev–Trinajstić information content (AvgIpc) is 2.98. The number of halogens is 1. The number of nitrogens with one attached hydrogen (secondary N) is 2. The number of unbranched alkanes of at least 4 members (excludes halogenated alkanes) is 1. The Bertz CT molecular complexity index is 844. The lowest BCUT2D eigenvalue weighted by molar-refractivity contribution is 0.309. The molecule has 2 N–H and O–H groups in total. The number of aromatic amines is 1. The first-order valence-electron chi connectivity index (χ1n) is 8.78. The third-order valence-corrected chi connectivity index (χ3v) is 4.41. The number of benzene rings is 2. The lowest BCUT2D eigenvalue weighted by atomic mass is 10.1. The summed E-state index contributed by atoms with van der Waals surface area (Å²) in [5, 5.41) is 4.15. The van der Waals surface area contributed by atoms with E-state index < -0.39 is 0 Å². The molecule has 0 fully saturated rings. The van der Waals surface area contributed by atoms with Gasteiger partial charge >= 0.3 is 0 Å². The highest BCUT2D eigenvalue weighted by molar-refractivity contribution is 6.32. The van der Waals surface area contributed by atoms with E-state index in [2.05, 4.69) is 34.3 Å². The Labute approximate surface area is 153 Å². The molecule has 0 aliphatic carbocycles. The number of nitrogens with zero attached hydrogens (tertiary/aromatic N) is 1. The molecule has 5 heteroatoms. The minimum absolute atomic E-state index is 0.679. The van der Waals surface area contributed by atoms with Gasteiger partial charge in [0.2, 0.25) is 0 Å². The minimum atomic E-state index is 0.679. The Kier molecular flexibility index (Phi) is 5.82. The number of para-hydroxylation sites is 1. The van der Waals surface area contributed by atoms with Gasteiger partial charge < -0.3 is 15.0 Å². The van der Waals surface area contributed by atoms with Gasteiger partial charge in [-0.2, -0.15) is 0 Å². The van der Waals surface area contributed by atoms with Gasteiger partial charge in [-0.1, -0.05) is 37.1 Å². The molecular weight excluding hydrogens is 334 g/mol. The summed E-state index contributed by atoms with van der Waals surface area (Å²) in [6.07, 6.45) is 3.04. The van der Waals surface area contributed by atoms with Crippen LogP contribution in [0.5, 0.6) is 5.75 Å². The maximum Gasteiger partial charge on any atom is 0.137 e. The van der Waals surface area contributed by atoms with E-state index in [0.717, 1.165) is 54.1 Å². The van der Waals surface area contributed by atoms with Crippen LogP contribution in [0.15, 0.2) is 36.4 Å². The molecule has 1 aromatic heterocycles. The summed E-state index contributed by atoms with van der Waals surface area (Å²) >= 11 is 6.33. The van der Waals surface area contributed by atoms with Crippen molar-refractivity contribution >= 4 is 28.3 Å². The summed E-state index contributed by atoms with van der Waals surface area (Å²) in [5.74, 6) is 1.69. The van der Waals surface area contributed by atoms with Crippen LogP contribution in [0.2, 0.25) is 5.02 Å². The summed E-state index contributed by atoms with van der Waals surface area (Å²) in [6, 6.07) is 12.2. The number of imidazole rings is 1. The Morgan fingerprint density at radius 1 is 1.24 bits per heavy atom. The van der Waals surface area contributed by atoms with Gasteiger partial charge in [0.1, 0.15) is 17.1 Å². The molecule has 0 aliphatic heterocycles. The molecule has 0 atom stereocenters. The first-order valence-corrected chi connectivity index (χ1v) is 9.15. The van der Waals surface area contributed by atoms with Gasteiger partial charge in [0.25, 0.3) is 0 Å². The lowest BCUT2D eigenvalue weighted by Gasteiger charge is -2.10. The van der Waals surface area contributed by atoms with E-state index >= 15 is 0 Å². The zero-order valence-corrected chi connectivity index (χ0v) is 15.5. The molecule has 0 radical (unpaired) electrons. The molecule has 25 heavy (non-hydrogen) atoms. The molecule has 0 unspecified atom stereocenters. The molecule has 4 nitrogen and oxygen atoms in total. The standard InChI is InChI=1S/C20H24ClN3O/c1-3-4-12-25-19-9-8-15(13-16(19)21)10-11-22-17-6-5-7-18-20(17)24-14(2)23-18/h5-9,13,22H,3-4,10-12H2,1-2H3,(H,23,24). The maximum atomic E-state index is 6.33. The molecule has 0 amide bonds. The fraction of sp³-hybridized carbons (Fsp3) is 0.350. The van der Waals surface area contributed by atoms with E-state index in [1.807, 2.05) is 31.2 Å².